The van der Waals surface area contributed by atoms with Gasteiger partial charge < -0.3 is 4.74 Å². The fourth-order valence-corrected chi connectivity index (χ4v) is 0. The van der Waals surface area contributed by atoms with Crippen LogP contribution in [0.5, 0.6) is 0 Å². The third-order valence-corrected chi connectivity index (χ3v) is 0.203. The van der Waals surface area contributed by atoms with Crippen LogP contribution in [0.3, 0.4) is 0 Å². The molecule has 0 rings (SSSR count). The van der Waals surface area contributed by atoms with Crippen LogP contribution in [0.25, 0.3) is 0 Å². The number of ether oxygens (including phenoxy) is 1. The number of carbonyl (C=O) groups is 1. The summed E-state index contributed by atoms with van der Waals surface area (Å²) in [6.45, 7) is 1.30. The van der Waals surface area contributed by atoms with Crippen molar-refractivity contribution in [1.29, 1.82) is 0 Å². The van der Waals surface area contributed by atoms with Gasteiger partial charge in [-0.15, -0.1) is 0 Å². The average molecular weight is 112 g/mol. The first-order valence-electron chi connectivity index (χ1n) is 1.20. The molecule has 0 aromatic rings. The maximum Gasteiger partial charge on any atom is 1.00 e. The molecule has 0 heterocycles. The zero-order valence-corrected chi connectivity index (χ0v) is 7.15. The van der Waals surface area contributed by atoms with E-state index in [0.717, 1.165) is 0 Å². The quantitative estimate of drug-likeness (QED) is 0.194. The van der Waals surface area contributed by atoms with Crippen LogP contribution in [0, 0.1) is 7.11 Å². The molecule has 0 aromatic carbocycles. The Kier molecular flexibility index (Phi) is 10.3. The van der Waals surface area contributed by atoms with Gasteiger partial charge in [0.25, 0.3) is 5.97 Å². The number of carbonyl (C=O) groups excluding carboxylic acids is 1. The summed E-state index contributed by atoms with van der Waals surface area (Å²) in [4.78, 5) is 9.53. The van der Waals surface area contributed by atoms with Gasteiger partial charge in [-0.1, -0.05) is 0 Å². The van der Waals surface area contributed by atoms with Gasteiger partial charge in [0.1, 0.15) is 0 Å². The van der Waals surface area contributed by atoms with Gasteiger partial charge in [0.05, 0.1) is 0 Å². The van der Waals surface area contributed by atoms with E-state index in [0.29, 0.717) is 0 Å². The van der Waals surface area contributed by atoms with E-state index in [4.69, 9.17) is 0 Å². The third-order valence-electron chi connectivity index (χ3n) is 0.203. The summed E-state index contributed by atoms with van der Waals surface area (Å²) in [6.07, 6.45) is 0. The molecule has 0 atom stereocenters. The first-order valence-corrected chi connectivity index (χ1v) is 1.20. The van der Waals surface area contributed by atoms with E-state index in [1.807, 2.05) is 0 Å². The van der Waals surface area contributed by atoms with E-state index in [1.54, 1.807) is 0 Å². The van der Waals surface area contributed by atoms with Gasteiger partial charge >= 0.3 is 51.4 Å². The Morgan fingerprint density at radius 2 is 2.00 bits per heavy atom. The third kappa shape index (κ3) is 8.92. The molecule has 0 aliphatic carbocycles. The van der Waals surface area contributed by atoms with E-state index in [9.17, 15) is 4.79 Å². The molecular weight excluding hydrogens is 107 g/mol. The van der Waals surface area contributed by atoms with Crippen LogP contribution in [-0.2, 0) is 9.53 Å². The number of hydrogen-bond acceptors (Lipinski definition) is 2. The minimum absolute atomic E-state index is 0. The van der Waals surface area contributed by atoms with Crippen molar-refractivity contribution in [2.45, 2.75) is 6.92 Å². The molecule has 0 aromatic heterocycles. The number of hydrogen-bond donors (Lipinski definition) is 0. The first kappa shape index (κ1) is 10.2. The summed E-state index contributed by atoms with van der Waals surface area (Å²) in [7, 11) is 2.84. The Morgan fingerprint density at radius 1 is 1.83 bits per heavy atom. The van der Waals surface area contributed by atoms with Crippen LogP contribution >= 0.6 is 0 Å². The van der Waals surface area contributed by atoms with E-state index in [1.165, 1.54) is 6.92 Å². The predicted octanol–water partition coefficient (Wildman–Crippen LogP) is -2.65. The summed E-state index contributed by atoms with van der Waals surface area (Å²) in [5, 5.41) is 0. The zero-order chi connectivity index (χ0) is 4.28. The Balaban J connectivity index is 0. The fraction of sp³-hybridized carbons (Fsp3) is 0.333. The number of rotatable bonds is 0. The molecule has 0 amide bonds. The molecule has 0 aliphatic heterocycles. The van der Waals surface area contributed by atoms with Crippen molar-refractivity contribution in [2.24, 2.45) is 0 Å². The van der Waals surface area contributed by atoms with Gasteiger partial charge in [-0.25, -0.2) is 0 Å². The zero-order valence-electron chi connectivity index (χ0n) is 4.02. The second kappa shape index (κ2) is 6.11. The number of esters is 1. The van der Waals surface area contributed by atoms with E-state index in [2.05, 4.69) is 11.8 Å². The van der Waals surface area contributed by atoms with Crippen molar-refractivity contribution in [3.8, 4) is 0 Å². The van der Waals surface area contributed by atoms with Crippen molar-refractivity contribution < 1.29 is 60.9 Å². The van der Waals surface area contributed by atoms with E-state index >= 15 is 0 Å². The molecule has 0 saturated carbocycles. The van der Waals surface area contributed by atoms with Crippen molar-refractivity contribution in [1.82, 2.24) is 0 Å². The van der Waals surface area contributed by atoms with Crippen molar-refractivity contribution in [3.63, 3.8) is 0 Å². The monoisotopic (exact) mass is 112 g/mol. The summed E-state index contributed by atoms with van der Waals surface area (Å²) in [5.41, 5.74) is 0. The Morgan fingerprint density at radius 3 is 2.00 bits per heavy atom. The second-order valence-corrected chi connectivity index (χ2v) is 0.636. The molecule has 6 heavy (non-hydrogen) atoms. The van der Waals surface area contributed by atoms with Crippen LogP contribution in [0.1, 0.15) is 6.92 Å². The van der Waals surface area contributed by atoms with Crippen LogP contribution in [0.15, 0.2) is 0 Å². The van der Waals surface area contributed by atoms with Crippen LogP contribution in [-0.4, -0.2) is 5.97 Å². The summed E-state index contributed by atoms with van der Waals surface area (Å²) >= 11 is 0. The normalized spacial score (nSPS) is 5.67. The van der Waals surface area contributed by atoms with Gasteiger partial charge in [-0.2, -0.15) is 7.11 Å². The molecule has 0 spiro atoms. The van der Waals surface area contributed by atoms with Gasteiger partial charge in [-0.05, 0) is 0 Å². The van der Waals surface area contributed by atoms with Crippen molar-refractivity contribution in [3.05, 3.63) is 7.11 Å². The maximum absolute atomic E-state index is 9.53. The molecular formula is C3H5KO2. The Hall–Kier alpha value is 1.11. The van der Waals surface area contributed by atoms with Gasteiger partial charge in [0.2, 0.25) is 0 Å². The predicted molar refractivity (Wildman–Crippen MR) is 17.1 cm³/mol. The molecule has 2 nitrogen and oxygen atoms in total. The fourth-order valence-electron chi connectivity index (χ4n) is 0. The van der Waals surface area contributed by atoms with Crippen LogP contribution < -0.4 is 51.4 Å². The van der Waals surface area contributed by atoms with Gasteiger partial charge in [-0.3, -0.25) is 4.79 Å². The SMILES string of the molecule is [CH2-]OC(C)=O.[K+]. The Bertz CT molecular complexity index is 44.1. The molecule has 0 unspecified atom stereocenters. The maximum atomic E-state index is 9.53. The molecule has 0 saturated heterocycles. The summed E-state index contributed by atoms with van der Waals surface area (Å²) in [6, 6.07) is 0. The topological polar surface area (TPSA) is 26.3 Å². The second-order valence-electron chi connectivity index (χ2n) is 0.636. The minimum atomic E-state index is -0.356. The molecule has 0 aliphatic rings. The molecule has 0 bridgehead atoms. The first-order chi connectivity index (χ1) is 2.27. The molecule has 0 N–H and O–H groups in total. The van der Waals surface area contributed by atoms with Gasteiger partial charge in [0, 0.05) is 6.92 Å². The van der Waals surface area contributed by atoms with Crippen LogP contribution in [0.2, 0.25) is 0 Å². The molecule has 0 radical (unpaired) electrons. The molecule has 3 heteroatoms. The van der Waals surface area contributed by atoms with E-state index < -0.39 is 0 Å². The minimum Gasteiger partial charge on any atom is -0.640 e. The van der Waals surface area contributed by atoms with Crippen molar-refractivity contribution in [2.75, 3.05) is 0 Å². The standard InChI is InChI=1S/C3H5O2.K/c1-3(4)5-2;/h2H2,1H3;/q-1;+1. The molecule has 0 fully saturated rings. The summed E-state index contributed by atoms with van der Waals surface area (Å²) in [5.74, 6) is -0.356. The average Bonchev–Trinajstić information content (AvgIpc) is 1.38. The van der Waals surface area contributed by atoms with Crippen molar-refractivity contribution >= 4 is 5.97 Å². The van der Waals surface area contributed by atoms with Gasteiger partial charge in [0.15, 0.2) is 0 Å². The molecule has 30 valence electrons. The van der Waals surface area contributed by atoms with Crippen LogP contribution in [0.4, 0.5) is 0 Å². The smallest absolute Gasteiger partial charge is 0.640 e. The van der Waals surface area contributed by atoms with E-state index in [-0.39, 0.29) is 57.4 Å². The summed E-state index contributed by atoms with van der Waals surface area (Å²) < 4.78 is 3.86. The largest absolute Gasteiger partial charge is 1.00 e. The Labute approximate surface area is 79.7 Å².